The summed E-state index contributed by atoms with van der Waals surface area (Å²) in [6, 6.07) is 1.86. The summed E-state index contributed by atoms with van der Waals surface area (Å²) in [5, 5.41) is 7.47. The van der Waals surface area contributed by atoms with Crippen LogP contribution < -0.4 is 5.32 Å². The summed E-state index contributed by atoms with van der Waals surface area (Å²) in [7, 11) is 1.94. The number of hydrogen-bond donors (Lipinski definition) is 1. The summed E-state index contributed by atoms with van der Waals surface area (Å²) in [4.78, 5) is 12.1. The van der Waals surface area contributed by atoms with Crippen LogP contribution in [-0.2, 0) is 13.6 Å². The molecule has 2 rings (SSSR count). The Balaban J connectivity index is 1.83. The van der Waals surface area contributed by atoms with E-state index in [2.05, 4.69) is 24.3 Å². The molecule has 0 saturated heterocycles. The van der Waals surface area contributed by atoms with Gasteiger partial charge in [-0.05, 0) is 45.7 Å². The molecule has 5 heteroatoms. The van der Waals surface area contributed by atoms with Crippen LogP contribution in [0.3, 0.4) is 0 Å². The predicted octanol–water partition coefficient (Wildman–Crippen LogP) is 2.28. The van der Waals surface area contributed by atoms with Gasteiger partial charge < -0.3 is 9.88 Å². The van der Waals surface area contributed by atoms with E-state index in [1.54, 1.807) is 0 Å². The lowest BCUT2D eigenvalue weighted by Crippen LogP contribution is -2.26. The van der Waals surface area contributed by atoms with Crippen molar-refractivity contribution < 1.29 is 4.79 Å². The monoisotopic (exact) mass is 288 g/mol. The van der Waals surface area contributed by atoms with Crippen LogP contribution in [-0.4, -0.2) is 26.8 Å². The molecule has 2 heterocycles. The molecule has 0 radical (unpaired) electrons. The summed E-state index contributed by atoms with van der Waals surface area (Å²) in [5.41, 5.74) is 5.27. The van der Waals surface area contributed by atoms with Crippen LogP contribution in [0.15, 0.2) is 12.3 Å². The Bertz CT molecular complexity index is 652. The maximum Gasteiger partial charge on any atom is 0.253 e. The fourth-order valence-electron chi connectivity index (χ4n) is 2.38. The van der Waals surface area contributed by atoms with E-state index in [4.69, 9.17) is 0 Å². The quantitative estimate of drug-likeness (QED) is 0.858. The van der Waals surface area contributed by atoms with Gasteiger partial charge in [0.15, 0.2) is 0 Å². The van der Waals surface area contributed by atoms with Gasteiger partial charge in [0.05, 0.1) is 11.3 Å². The molecule has 0 aromatic carbocycles. The third-order valence-electron chi connectivity index (χ3n) is 4.20. The smallest absolute Gasteiger partial charge is 0.253 e. The predicted molar refractivity (Wildman–Crippen MR) is 83.5 cm³/mol. The van der Waals surface area contributed by atoms with Gasteiger partial charge in [-0.25, -0.2) is 0 Å². The number of rotatable bonds is 5. The van der Waals surface area contributed by atoms with Gasteiger partial charge in [-0.1, -0.05) is 0 Å². The van der Waals surface area contributed by atoms with E-state index in [0.717, 1.165) is 29.9 Å². The molecular weight excluding hydrogens is 264 g/mol. The molecule has 0 aliphatic carbocycles. The zero-order chi connectivity index (χ0) is 15.6. The Morgan fingerprint density at radius 3 is 2.48 bits per heavy atom. The van der Waals surface area contributed by atoms with Crippen molar-refractivity contribution in [2.24, 2.45) is 7.05 Å². The van der Waals surface area contributed by atoms with Crippen molar-refractivity contribution in [3.05, 3.63) is 40.5 Å². The van der Waals surface area contributed by atoms with E-state index in [1.807, 2.05) is 42.4 Å². The third-order valence-corrected chi connectivity index (χ3v) is 4.20. The van der Waals surface area contributed by atoms with Crippen molar-refractivity contribution in [1.82, 2.24) is 19.7 Å². The normalized spacial score (nSPS) is 10.9. The van der Waals surface area contributed by atoms with E-state index in [1.165, 1.54) is 11.3 Å². The molecule has 1 N–H and O–H groups in total. The van der Waals surface area contributed by atoms with Crippen molar-refractivity contribution in [1.29, 1.82) is 0 Å². The first-order valence-electron chi connectivity index (χ1n) is 7.32. The van der Waals surface area contributed by atoms with Gasteiger partial charge in [0.2, 0.25) is 0 Å². The summed E-state index contributed by atoms with van der Waals surface area (Å²) >= 11 is 0. The lowest BCUT2D eigenvalue weighted by atomic mass is 10.2. The zero-order valence-corrected chi connectivity index (χ0v) is 13.5. The molecular formula is C16H24N4O. The average Bonchev–Trinajstić information content (AvgIpc) is 2.91. The molecule has 0 fully saturated rings. The molecule has 0 saturated carbocycles. The summed E-state index contributed by atoms with van der Waals surface area (Å²) in [5.74, 6) is -0.00218. The second-order valence-electron chi connectivity index (χ2n) is 5.55. The Labute approximate surface area is 126 Å². The standard InChI is InChI=1S/C16H24N4O/c1-11-12(2)18-20(13(11)3)9-6-8-17-16(21)15-7-10-19(5)14(15)4/h7,10H,6,8-9H2,1-5H3,(H,17,21). The van der Waals surface area contributed by atoms with Crippen molar-refractivity contribution in [3.63, 3.8) is 0 Å². The van der Waals surface area contributed by atoms with Gasteiger partial charge >= 0.3 is 0 Å². The first-order chi connectivity index (χ1) is 9.91. The van der Waals surface area contributed by atoms with Gasteiger partial charge in [-0.2, -0.15) is 5.10 Å². The SMILES string of the molecule is Cc1nn(CCCNC(=O)c2ccn(C)c2C)c(C)c1C. The van der Waals surface area contributed by atoms with Crippen LogP contribution in [0, 0.1) is 27.7 Å². The van der Waals surface area contributed by atoms with Gasteiger partial charge in [-0.3, -0.25) is 9.48 Å². The highest BCUT2D eigenvalue weighted by molar-refractivity contribution is 5.95. The Hall–Kier alpha value is -2.04. The Morgan fingerprint density at radius 2 is 1.95 bits per heavy atom. The van der Waals surface area contributed by atoms with Crippen LogP contribution >= 0.6 is 0 Å². The number of aromatic nitrogens is 3. The first kappa shape index (κ1) is 15.4. The number of carbonyl (C=O) groups is 1. The molecule has 5 nitrogen and oxygen atoms in total. The Morgan fingerprint density at radius 1 is 1.24 bits per heavy atom. The molecule has 2 aromatic rings. The molecule has 0 atom stereocenters. The van der Waals surface area contributed by atoms with E-state index in [9.17, 15) is 4.79 Å². The topological polar surface area (TPSA) is 51.9 Å². The number of aryl methyl sites for hydroxylation is 3. The number of amides is 1. The number of nitrogens with zero attached hydrogens (tertiary/aromatic N) is 3. The minimum absolute atomic E-state index is 0.00218. The number of nitrogens with one attached hydrogen (secondary N) is 1. The molecule has 114 valence electrons. The van der Waals surface area contributed by atoms with Crippen molar-refractivity contribution >= 4 is 5.91 Å². The van der Waals surface area contributed by atoms with Crippen LogP contribution in [0.2, 0.25) is 0 Å². The lowest BCUT2D eigenvalue weighted by molar-refractivity contribution is 0.0952. The molecule has 0 aliphatic rings. The molecule has 0 spiro atoms. The van der Waals surface area contributed by atoms with E-state index >= 15 is 0 Å². The van der Waals surface area contributed by atoms with E-state index in [0.29, 0.717) is 6.54 Å². The van der Waals surface area contributed by atoms with Gasteiger partial charge in [0.1, 0.15) is 0 Å². The minimum Gasteiger partial charge on any atom is -0.354 e. The zero-order valence-electron chi connectivity index (χ0n) is 13.5. The fourth-order valence-corrected chi connectivity index (χ4v) is 2.38. The van der Waals surface area contributed by atoms with Crippen molar-refractivity contribution in [2.75, 3.05) is 6.54 Å². The molecule has 0 unspecified atom stereocenters. The van der Waals surface area contributed by atoms with Crippen LogP contribution in [0.5, 0.6) is 0 Å². The average molecular weight is 288 g/mol. The van der Waals surface area contributed by atoms with E-state index < -0.39 is 0 Å². The van der Waals surface area contributed by atoms with Crippen molar-refractivity contribution in [2.45, 2.75) is 40.7 Å². The third kappa shape index (κ3) is 3.17. The minimum atomic E-state index is -0.00218. The fraction of sp³-hybridized carbons (Fsp3) is 0.500. The lowest BCUT2D eigenvalue weighted by Gasteiger charge is -2.07. The number of hydrogen-bond acceptors (Lipinski definition) is 2. The molecule has 2 aromatic heterocycles. The van der Waals surface area contributed by atoms with Gasteiger partial charge in [-0.15, -0.1) is 0 Å². The van der Waals surface area contributed by atoms with E-state index in [-0.39, 0.29) is 5.91 Å². The summed E-state index contributed by atoms with van der Waals surface area (Å²) in [6.45, 7) is 9.64. The molecule has 0 aliphatic heterocycles. The van der Waals surface area contributed by atoms with Crippen molar-refractivity contribution in [3.8, 4) is 0 Å². The summed E-state index contributed by atoms with van der Waals surface area (Å²) in [6.07, 6.45) is 2.78. The van der Waals surface area contributed by atoms with Gasteiger partial charge in [0.25, 0.3) is 5.91 Å². The van der Waals surface area contributed by atoms with Crippen LogP contribution in [0.1, 0.15) is 39.4 Å². The maximum atomic E-state index is 12.1. The molecule has 21 heavy (non-hydrogen) atoms. The largest absolute Gasteiger partial charge is 0.354 e. The maximum absolute atomic E-state index is 12.1. The second kappa shape index (κ2) is 6.16. The Kier molecular flexibility index (Phi) is 4.50. The highest BCUT2D eigenvalue weighted by Gasteiger charge is 2.11. The van der Waals surface area contributed by atoms with Crippen LogP contribution in [0.4, 0.5) is 0 Å². The highest BCUT2D eigenvalue weighted by atomic mass is 16.1. The highest BCUT2D eigenvalue weighted by Crippen LogP contribution is 2.11. The van der Waals surface area contributed by atoms with Crippen LogP contribution in [0.25, 0.3) is 0 Å². The molecule has 0 bridgehead atoms. The molecule has 1 amide bonds. The number of carbonyl (C=O) groups excluding carboxylic acids is 1. The first-order valence-corrected chi connectivity index (χ1v) is 7.32. The van der Waals surface area contributed by atoms with Gasteiger partial charge in [0, 0.05) is 37.7 Å². The second-order valence-corrected chi connectivity index (χ2v) is 5.55. The summed E-state index contributed by atoms with van der Waals surface area (Å²) < 4.78 is 3.97.